The van der Waals surface area contributed by atoms with Crippen molar-refractivity contribution in [2.24, 2.45) is 0 Å². The van der Waals surface area contributed by atoms with Crippen LogP contribution in [0.25, 0.3) is 22.4 Å². The monoisotopic (exact) mass is 532 g/mol. The van der Waals surface area contributed by atoms with E-state index in [9.17, 15) is 14.0 Å². The molecule has 2 N–H and O–H groups in total. The second-order valence-electron chi connectivity index (χ2n) is 9.28. The highest BCUT2D eigenvalue weighted by Crippen LogP contribution is 2.25. The van der Waals surface area contributed by atoms with Gasteiger partial charge in [-0.1, -0.05) is 24.3 Å². The minimum atomic E-state index is -0.879. The van der Waals surface area contributed by atoms with Crippen molar-refractivity contribution in [1.29, 1.82) is 0 Å². The van der Waals surface area contributed by atoms with Crippen molar-refractivity contribution in [2.75, 3.05) is 26.9 Å². The van der Waals surface area contributed by atoms with Gasteiger partial charge in [0, 0.05) is 17.8 Å². The van der Waals surface area contributed by atoms with Crippen LogP contribution in [0.1, 0.15) is 11.3 Å². The van der Waals surface area contributed by atoms with Gasteiger partial charge in [-0.2, -0.15) is 0 Å². The molecule has 0 aliphatic heterocycles. The quantitative estimate of drug-likeness (QED) is 0.323. The molecule has 0 saturated heterocycles. The van der Waals surface area contributed by atoms with Gasteiger partial charge in [-0.3, -0.25) is 9.36 Å². The fourth-order valence-corrected chi connectivity index (χ4v) is 4.51. The van der Waals surface area contributed by atoms with Crippen molar-refractivity contribution < 1.29 is 13.5 Å². The lowest BCUT2D eigenvalue weighted by atomic mass is 10.2. The average molecular weight is 533 g/mol. The van der Waals surface area contributed by atoms with Gasteiger partial charge < -0.3 is 15.4 Å². The average Bonchev–Trinajstić information content (AvgIpc) is 3.27. The van der Waals surface area contributed by atoms with E-state index in [0.29, 0.717) is 17.1 Å². The molecule has 0 saturated carbocycles. The lowest BCUT2D eigenvalue weighted by Crippen LogP contribution is -2.40. The van der Waals surface area contributed by atoms with E-state index < -0.39 is 22.9 Å². The predicted octanol–water partition coefficient (Wildman–Crippen LogP) is 3.32. The van der Waals surface area contributed by atoms with Crippen LogP contribution in [0.2, 0.25) is 0 Å². The standard InChI is InChI=1S/C28H26F2N6O3/c1-33(2)16-22-24-26(32-36(22)19-13-11-18(31)12-14-19)34(15-17-7-4-5-8-20(17)29)28(38)35(27(24)37)21-9-6-10-23(39-3)25(21)30/h4-14H,15-16,31H2,1-3H3. The Hall–Kier alpha value is -4.77. The van der Waals surface area contributed by atoms with E-state index >= 15 is 4.39 Å². The number of benzene rings is 3. The molecule has 0 spiro atoms. The van der Waals surface area contributed by atoms with Crippen molar-refractivity contribution in [2.45, 2.75) is 13.1 Å². The van der Waals surface area contributed by atoms with Crippen LogP contribution >= 0.6 is 0 Å². The number of ether oxygens (including phenoxy) is 1. The molecule has 2 aromatic heterocycles. The third kappa shape index (κ3) is 4.57. The van der Waals surface area contributed by atoms with Gasteiger partial charge in [-0.25, -0.2) is 22.8 Å². The van der Waals surface area contributed by atoms with Gasteiger partial charge in [0.1, 0.15) is 11.2 Å². The summed E-state index contributed by atoms with van der Waals surface area (Å²) in [5, 5.41) is 4.76. The Kier molecular flexibility index (Phi) is 6.75. The highest BCUT2D eigenvalue weighted by Gasteiger charge is 2.26. The van der Waals surface area contributed by atoms with Gasteiger partial charge >= 0.3 is 5.69 Å². The normalized spacial score (nSPS) is 11.4. The first kappa shape index (κ1) is 25.9. The molecule has 0 radical (unpaired) electrons. The Bertz CT molecular complexity index is 1810. The number of anilines is 1. The fraction of sp³-hybridized carbons (Fsp3) is 0.179. The summed E-state index contributed by atoms with van der Waals surface area (Å²) < 4.78 is 38.7. The third-order valence-corrected chi connectivity index (χ3v) is 6.35. The summed E-state index contributed by atoms with van der Waals surface area (Å²) in [6.45, 7) is 0.0165. The molecule has 3 aromatic carbocycles. The summed E-state index contributed by atoms with van der Waals surface area (Å²) >= 11 is 0. The molecule has 5 aromatic rings. The van der Waals surface area contributed by atoms with Crippen LogP contribution in [0.3, 0.4) is 0 Å². The summed E-state index contributed by atoms with van der Waals surface area (Å²) in [6, 6.07) is 17.0. The number of methoxy groups -OCH3 is 1. The predicted molar refractivity (Wildman–Crippen MR) is 145 cm³/mol. The molecule has 2 heterocycles. The second kappa shape index (κ2) is 10.2. The number of hydrogen-bond acceptors (Lipinski definition) is 6. The Morgan fingerprint density at radius 1 is 0.974 bits per heavy atom. The molecular formula is C28H26F2N6O3. The smallest absolute Gasteiger partial charge is 0.337 e. The summed E-state index contributed by atoms with van der Waals surface area (Å²) in [7, 11) is 4.93. The first-order valence-corrected chi connectivity index (χ1v) is 12.1. The van der Waals surface area contributed by atoms with Crippen molar-refractivity contribution in [1.82, 2.24) is 23.8 Å². The highest BCUT2D eigenvalue weighted by molar-refractivity contribution is 5.79. The molecule has 0 aliphatic rings. The molecule has 9 nitrogen and oxygen atoms in total. The van der Waals surface area contributed by atoms with Gasteiger partial charge in [0.25, 0.3) is 5.56 Å². The van der Waals surface area contributed by atoms with Crippen LogP contribution in [-0.4, -0.2) is 45.0 Å². The molecule has 0 amide bonds. The summed E-state index contributed by atoms with van der Waals surface area (Å²) in [4.78, 5) is 29.8. The van der Waals surface area contributed by atoms with Gasteiger partial charge in [0.05, 0.1) is 30.7 Å². The number of rotatable bonds is 7. The van der Waals surface area contributed by atoms with Crippen molar-refractivity contribution in [3.8, 4) is 17.1 Å². The van der Waals surface area contributed by atoms with Gasteiger partial charge in [-0.15, -0.1) is 5.10 Å². The molecule has 0 bridgehead atoms. The second-order valence-corrected chi connectivity index (χ2v) is 9.28. The van der Waals surface area contributed by atoms with E-state index in [2.05, 4.69) is 5.10 Å². The van der Waals surface area contributed by atoms with Crippen molar-refractivity contribution >= 4 is 16.7 Å². The Morgan fingerprint density at radius 3 is 2.36 bits per heavy atom. The van der Waals surface area contributed by atoms with E-state index in [0.717, 1.165) is 4.57 Å². The molecule has 5 rings (SSSR count). The SMILES string of the molecule is COc1cccc(-n2c(=O)c3c(CN(C)C)n(-c4ccc(N)cc4)nc3n(Cc3ccccc3F)c2=O)c1F. The number of hydrogen-bond donors (Lipinski definition) is 1. The highest BCUT2D eigenvalue weighted by atomic mass is 19.1. The van der Waals surface area contributed by atoms with Crippen LogP contribution in [0, 0.1) is 11.6 Å². The summed E-state index contributed by atoms with van der Waals surface area (Å²) in [6.07, 6.45) is 0. The minimum absolute atomic E-state index is 0.0430. The maximum absolute atomic E-state index is 15.4. The van der Waals surface area contributed by atoms with Gasteiger partial charge in [0.15, 0.2) is 17.2 Å². The van der Waals surface area contributed by atoms with Crippen LogP contribution in [0.4, 0.5) is 14.5 Å². The maximum Gasteiger partial charge on any atom is 0.337 e. The van der Waals surface area contributed by atoms with Crippen molar-refractivity contribution in [3.05, 3.63) is 110 Å². The first-order valence-electron chi connectivity index (χ1n) is 12.1. The minimum Gasteiger partial charge on any atom is -0.494 e. The number of nitrogen functional groups attached to an aromatic ring is 1. The van der Waals surface area contributed by atoms with Crippen LogP contribution < -0.4 is 21.7 Å². The largest absolute Gasteiger partial charge is 0.494 e. The number of aromatic nitrogens is 4. The summed E-state index contributed by atoms with van der Waals surface area (Å²) in [5.74, 6) is -1.55. The Balaban J connectivity index is 1.92. The van der Waals surface area contributed by atoms with Crippen LogP contribution in [0.15, 0.2) is 76.3 Å². The van der Waals surface area contributed by atoms with Crippen molar-refractivity contribution in [3.63, 3.8) is 0 Å². The molecule has 39 heavy (non-hydrogen) atoms. The molecule has 0 atom stereocenters. The summed E-state index contributed by atoms with van der Waals surface area (Å²) in [5.41, 5.74) is 5.79. The van der Waals surface area contributed by atoms with Crippen LogP contribution in [0.5, 0.6) is 5.75 Å². The molecule has 0 unspecified atom stereocenters. The number of fused-ring (bicyclic) bond motifs is 1. The topological polar surface area (TPSA) is 100 Å². The van der Waals surface area contributed by atoms with E-state index in [1.54, 1.807) is 35.0 Å². The maximum atomic E-state index is 15.4. The lowest BCUT2D eigenvalue weighted by Gasteiger charge is -2.15. The van der Waals surface area contributed by atoms with E-state index in [1.165, 1.54) is 48.1 Å². The molecule has 11 heteroatoms. The number of nitrogens with two attached hydrogens (primary N) is 1. The number of nitrogens with zero attached hydrogens (tertiary/aromatic N) is 5. The third-order valence-electron chi connectivity index (χ3n) is 6.35. The zero-order chi connectivity index (χ0) is 27.8. The number of halogens is 2. The van der Waals surface area contributed by atoms with E-state index in [-0.39, 0.29) is 41.1 Å². The van der Waals surface area contributed by atoms with E-state index in [4.69, 9.17) is 10.5 Å². The Labute approximate surface area is 221 Å². The van der Waals surface area contributed by atoms with E-state index in [1.807, 2.05) is 19.0 Å². The molecular weight excluding hydrogens is 506 g/mol. The fourth-order valence-electron chi connectivity index (χ4n) is 4.51. The first-order chi connectivity index (χ1) is 18.7. The van der Waals surface area contributed by atoms with Crippen LogP contribution in [-0.2, 0) is 13.1 Å². The Morgan fingerprint density at radius 2 is 1.69 bits per heavy atom. The molecule has 0 fully saturated rings. The lowest BCUT2D eigenvalue weighted by molar-refractivity contribution is 0.385. The van der Waals surface area contributed by atoms with Gasteiger partial charge in [0.2, 0.25) is 0 Å². The zero-order valence-electron chi connectivity index (χ0n) is 21.6. The molecule has 0 aliphatic carbocycles. The van der Waals surface area contributed by atoms with Gasteiger partial charge in [-0.05, 0) is 56.6 Å². The zero-order valence-corrected chi connectivity index (χ0v) is 21.6. The molecule has 200 valence electrons.